The second kappa shape index (κ2) is 4.02. The van der Waals surface area contributed by atoms with Crippen molar-refractivity contribution in [2.75, 3.05) is 0 Å². The van der Waals surface area contributed by atoms with Gasteiger partial charge in [0.1, 0.15) is 6.10 Å². The molecule has 0 amide bonds. The van der Waals surface area contributed by atoms with Crippen LogP contribution in [0.25, 0.3) is 0 Å². The number of hydrogen-bond donors (Lipinski definition) is 1. The molecule has 0 saturated heterocycles. The molecule has 0 aliphatic heterocycles. The van der Waals surface area contributed by atoms with E-state index < -0.39 is 23.6 Å². The Hall–Kier alpha value is -1.36. The minimum Gasteiger partial charge on any atom is -0.381 e. The van der Waals surface area contributed by atoms with Gasteiger partial charge in [-0.25, -0.2) is 0 Å². The molecule has 0 spiro atoms. The van der Waals surface area contributed by atoms with Crippen LogP contribution < -0.4 is 0 Å². The quantitative estimate of drug-likeness (QED) is 0.827. The topological polar surface area (TPSA) is 37.3 Å². The van der Waals surface area contributed by atoms with Gasteiger partial charge < -0.3 is 5.11 Å². The molecule has 82 valence electrons. The summed E-state index contributed by atoms with van der Waals surface area (Å²) in [6, 6.07) is 3.85. The molecule has 1 N–H and O–H groups in total. The van der Waals surface area contributed by atoms with Crippen molar-refractivity contribution in [2.24, 2.45) is 0 Å². The van der Waals surface area contributed by atoms with Gasteiger partial charge in [0.05, 0.1) is 5.56 Å². The summed E-state index contributed by atoms with van der Waals surface area (Å²) in [5.74, 6) is -0.505. The SMILES string of the molecule is CC(=O)[C@H](O)c1ccc(C(F)(F)F)cc1. The molecular weight excluding hydrogens is 209 g/mol. The van der Waals surface area contributed by atoms with Gasteiger partial charge in [0.2, 0.25) is 0 Å². The van der Waals surface area contributed by atoms with Gasteiger partial charge in [-0.15, -0.1) is 0 Å². The minimum absolute atomic E-state index is 0.163. The fourth-order valence-corrected chi connectivity index (χ4v) is 1.09. The third-order valence-electron chi connectivity index (χ3n) is 1.94. The summed E-state index contributed by atoms with van der Waals surface area (Å²) in [5, 5.41) is 9.26. The number of halogens is 3. The summed E-state index contributed by atoms with van der Waals surface area (Å²) in [6.07, 6.45) is -5.76. The van der Waals surface area contributed by atoms with Crippen molar-refractivity contribution >= 4 is 5.78 Å². The Labute approximate surface area is 84.3 Å². The van der Waals surface area contributed by atoms with E-state index in [2.05, 4.69) is 0 Å². The fraction of sp³-hybridized carbons (Fsp3) is 0.300. The molecule has 1 rings (SSSR count). The minimum atomic E-state index is -4.40. The van der Waals surface area contributed by atoms with E-state index in [1.165, 1.54) is 6.92 Å². The van der Waals surface area contributed by atoms with Gasteiger partial charge in [0.25, 0.3) is 0 Å². The van der Waals surface area contributed by atoms with Crippen LogP contribution in [-0.4, -0.2) is 10.9 Å². The lowest BCUT2D eigenvalue weighted by atomic mass is 10.0. The van der Waals surface area contributed by atoms with Crippen molar-refractivity contribution in [3.8, 4) is 0 Å². The van der Waals surface area contributed by atoms with Crippen LogP contribution in [-0.2, 0) is 11.0 Å². The van der Waals surface area contributed by atoms with E-state index in [9.17, 15) is 23.1 Å². The normalized spacial score (nSPS) is 13.7. The first kappa shape index (κ1) is 11.7. The number of aliphatic hydroxyl groups excluding tert-OH is 1. The lowest BCUT2D eigenvalue weighted by Gasteiger charge is -2.09. The molecule has 0 aliphatic carbocycles. The van der Waals surface area contributed by atoms with Crippen LogP contribution in [0, 0.1) is 0 Å². The van der Waals surface area contributed by atoms with Crippen LogP contribution in [0.4, 0.5) is 13.2 Å². The summed E-state index contributed by atoms with van der Waals surface area (Å²) < 4.78 is 36.4. The highest BCUT2D eigenvalue weighted by molar-refractivity contribution is 5.81. The zero-order valence-electron chi connectivity index (χ0n) is 7.88. The molecule has 1 aromatic carbocycles. The predicted molar refractivity (Wildman–Crippen MR) is 47.1 cm³/mol. The average Bonchev–Trinajstić information content (AvgIpc) is 2.15. The molecule has 5 heteroatoms. The Kier molecular flexibility index (Phi) is 3.14. The van der Waals surface area contributed by atoms with E-state index in [0.717, 1.165) is 24.3 Å². The number of benzene rings is 1. The lowest BCUT2D eigenvalue weighted by Crippen LogP contribution is -2.09. The highest BCUT2D eigenvalue weighted by Gasteiger charge is 2.30. The summed E-state index contributed by atoms with van der Waals surface area (Å²) >= 11 is 0. The van der Waals surface area contributed by atoms with Gasteiger partial charge in [0.15, 0.2) is 5.78 Å². The van der Waals surface area contributed by atoms with Crippen molar-refractivity contribution < 1.29 is 23.1 Å². The maximum atomic E-state index is 12.1. The van der Waals surface area contributed by atoms with Crippen molar-refractivity contribution in [1.29, 1.82) is 0 Å². The zero-order valence-corrected chi connectivity index (χ0v) is 7.88. The number of carbonyl (C=O) groups excluding carboxylic acids is 1. The Morgan fingerprint density at radius 2 is 1.73 bits per heavy atom. The molecule has 1 atom stereocenters. The molecule has 0 fully saturated rings. The van der Waals surface area contributed by atoms with Crippen LogP contribution in [0.3, 0.4) is 0 Å². The Morgan fingerprint density at radius 1 is 1.27 bits per heavy atom. The smallest absolute Gasteiger partial charge is 0.381 e. The van der Waals surface area contributed by atoms with Crippen LogP contribution in [0.1, 0.15) is 24.2 Å². The molecular formula is C10H9F3O2. The number of hydrogen-bond acceptors (Lipinski definition) is 2. The largest absolute Gasteiger partial charge is 0.416 e. The predicted octanol–water partition coefficient (Wildman–Crippen LogP) is 2.33. The highest BCUT2D eigenvalue weighted by Crippen LogP contribution is 2.29. The van der Waals surface area contributed by atoms with Crippen LogP contribution in [0.2, 0.25) is 0 Å². The first-order valence-electron chi connectivity index (χ1n) is 4.18. The maximum absolute atomic E-state index is 12.1. The molecule has 0 aromatic heterocycles. The number of carbonyl (C=O) groups is 1. The van der Waals surface area contributed by atoms with Crippen LogP contribution in [0.15, 0.2) is 24.3 Å². The molecule has 0 aliphatic rings. The Bertz CT molecular complexity index is 354. The molecule has 15 heavy (non-hydrogen) atoms. The Balaban J connectivity index is 2.95. The van der Waals surface area contributed by atoms with Crippen molar-refractivity contribution in [2.45, 2.75) is 19.2 Å². The van der Waals surface area contributed by atoms with Gasteiger partial charge >= 0.3 is 6.18 Å². The average molecular weight is 218 g/mol. The summed E-state index contributed by atoms with van der Waals surface area (Å²) in [4.78, 5) is 10.8. The first-order chi connectivity index (χ1) is 6.82. The molecule has 1 aromatic rings. The second-order valence-corrected chi connectivity index (χ2v) is 3.13. The highest BCUT2D eigenvalue weighted by atomic mass is 19.4. The van der Waals surface area contributed by atoms with E-state index in [1.807, 2.05) is 0 Å². The summed E-state index contributed by atoms with van der Waals surface area (Å²) in [5.41, 5.74) is -0.641. The second-order valence-electron chi connectivity index (χ2n) is 3.13. The third kappa shape index (κ3) is 2.79. The summed E-state index contributed by atoms with van der Waals surface area (Å²) in [6.45, 7) is 1.17. The third-order valence-corrected chi connectivity index (χ3v) is 1.94. The van der Waals surface area contributed by atoms with Crippen LogP contribution >= 0.6 is 0 Å². The van der Waals surface area contributed by atoms with E-state index >= 15 is 0 Å². The molecule has 2 nitrogen and oxygen atoms in total. The van der Waals surface area contributed by atoms with Gasteiger partial charge in [0, 0.05) is 0 Å². The van der Waals surface area contributed by atoms with E-state index in [4.69, 9.17) is 0 Å². The van der Waals surface area contributed by atoms with Gasteiger partial charge in [-0.3, -0.25) is 4.79 Å². The number of aliphatic hydroxyl groups is 1. The van der Waals surface area contributed by atoms with E-state index in [-0.39, 0.29) is 5.56 Å². The van der Waals surface area contributed by atoms with Crippen molar-refractivity contribution in [3.63, 3.8) is 0 Å². The molecule has 0 saturated carbocycles. The number of ketones is 1. The Morgan fingerprint density at radius 3 is 2.07 bits per heavy atom. The monoisotopic (exact) mass is 218 g/mol. The van der Waals surface area contributed by atoms with Crippen LogP contribution in [0.5, 0.6) is 0 Å². The van der Waals surface area contributed by atoms with Crippen molar-refractivity contribution in [1.82, 2.24) is 0 Å². The maximum Gasteiger partial charge on any atom is 0.416 e. The van der Waals surface area contributed by atoms with E-state index in [1.54, 1.807) is 0 Å². The summed E-state index contributed by atoms with van der Waals surface area (Å²) in [7, 11) is 0. The first-order valence-corrected chi connectivity index (χ1v) is 4.18. The van der Waals surface area contributed by atoms with Gasteiger partial charge in [-0.1, -0.05) is 12.1 Å². The number of rotatable bonds is 2. The van der Waals surface area contributed by atoms with Gasteiger partial charge in [-0.05, 0) is 24.6 Å². The molecule has 0 unspecified atom stereocenters. The molecule has 0 radical (unpaired) electrons. The lowest BCUT2D eigenvalue weighted by molar-refractivity contribution is -0.137. The molecule has 0 bridgehead atoms. The zero-order chi connectivity index (χ0) is 11.6. The molecule has 0 heterocycles. The number of Topliss-reactive ketones (excluding diaryl/α,β-unsaturated/α-hetero) is 1. The standard InChI is InChI=1S/C10H9F3O2/c1-6(14)9(15)7-2-4-8(5-3-7)10(11,12)13/h2-5,9,15H,1H3/t9-/m0/s1. The number of alkyl halides is 3. The van der Waals surface area contributed by atoms with Gasteiger partial charge in [-0.2, -0.15) is 13.2 Å². The fourth-order valence-electron chi connectivity index (χ4n) is 1.09. The van der Waals surface area contributed by atoms with Crippen molar-refractivity contribution in [3.05, 3.63) is 35.4 Å². The van der Waals surface area contributed by atoms with E-state index in [0.29, 0.717) is 0 Å².